The molecule has 2 aromatic carbocycles. The van der Waals surface area contributed by atoms with Crippen LogP contribution in [0, 0.1) is 0 Å². The van der Waals surface area contributed by atoms with E-state index in [0.29, 0.717) is 10.9 Å². The highest BCUT2D eigenvalue weighted by molar-refractivity contribution is 9.10. The number of aromatic nitrogens is 2. The molecule has 0 atom stereocenters. The third-order valence-electron chi connectivity index (χ3n) is 2.89. The van der Waals surface area contributed by atoms with Gasteiger partial charge in [0.25, 0.3) is 5.91 Å². The molecule has 23 heavy (non-hydrogen) atoms. The lowest BCUT2D eigenvalue weighted by atomic mass is 10.2. The van der Waals surface area contributed by atoms with Crippen molar-refractivity contribution < 1.29 is 9.21 Å². The Balaban J connectivity index is 1.80. The molecule has 1 aromatic heterocycles. The molecule has 0 radical (unpaired) electrons. The van der Waals surface area contributed by atoms with Gasteiger partial charge in [-0.2, -0.15) is 0 Å². The summed E-state index contributed by atoms with van der Waals surface area (Å²) in [6.45, 7) is 0. The van der Waals surface area contributed by atoms with Gasteiger partial charge in [-0.3, -0.25) is 10.1 Å². The number of halogens is 3. The number of rotatable bonds is 3. The minimum absolute atomic E-state index is 0.0176. The Labute approximate surface area is 149 Å². The number of hydrogen-bond acceptors (Lipinski definition) is 4. The van der Waals surface area contributed by atoms with Crippen LogP contribution in [-0.2, 0) is 0 Å². The van der Waals surface area contributed by atoms with Crippen molar-refractivity contribution in [2.45, 2.75) is 0 Å². The molecule has 116 valence electrons. The third-order valence-corrected chi connectivity index (χ3v) is 3.93. The van der Waals surface area contributed by atoms with Crippen molar-refractivity contribution in [3.63, 3.8) is 0 Å². The van der Waals surface area contributed by atoms with Gasteiger partial charge in [0.1, 0.15) is 0 Å². The molecule has 0 spiro atoms. The number of nitrogens with one attached hydrogen (secondary N) is 1. The quantitative estimate of drug-likeness (QED) is 0.652. The van der Waals surface area contributed by atoms with Crippen LogP contribution in [0.2, 0.25) is 10.0 Å². The first kappa shape index (κ1) is 16.0. The van der Waals surface area contributed by atoms with Crippen molar-refractivity contribution in [2.75, 3.05) is 5.32 Å². The Morgan fingerprint density at radius 2 is 1.96 bits per heavy atom. The molecule has 3 aromatic rings. The summed E-state index contributed by atoms with van der Waals surface area (Å²) in [6.07, 6.45) is 0. The molecule has 1 amide bonds. The van der Waals surface area contributed by atoms with Crippen LogP contribution in [0.25, 0.3) is 11.5 Å². The van der Waals surface area contributed by atoms with Crippen LogP contribution in [0.3, 0.4) is 0 Å². The van der Waals surface area contributed by atoms with E-state index < -0.39 is 5.91 Å². The molecule has 0 saturated carbocycles. The van der Waals surface area contributed by atoms with Crippen LogP contribution in [-0.4, -0.2) is 16.1 Å². The summed E-state index contributed by atoms with van der Waals surface area (Å²) in [4.78, 5) is 12.2. The number of carbonyl (C=O) groups excluding carboxylic acids is 1. The molecule has 0 aliphatic carbocycles. The van der Waals surface area contributed by atoms with E-state index in [1.54, 1.807) is 6.07 Å². The summed E-state index contributed by atoms with van der Waals surface area (Å²) in [6, 6.07) is 11.9. The van der Waals surface area contributed by atoms with Crippen molar-refractivity contribution in [3.05, 3.63) is 62.5 Å². The Kier molecular flexibility index (Phi) is 4.66. The second kappa shape index (κ2) is 6.70. The van der Waals surface area contributed by atoms with E-state index >= 15 is 0 Å². The van der Waals surface area contributed by atoms with E-state index in [4.69, 9.17) is 27.6 Å². The summed E-state index contributed by atoms with van der Waals surface area (Å²) in [5.74, 6) is -0.167. The second-order valence-electron chi connectivity index (χ2n) is 4.50. The van der Waals surface area contributed by atoms with Crippen molar-refractivity contribution in [3.8, 4) is 11.5 Å². The lowest BCUT2D eigenvalue weighted by Gasteiger charge is -2.03. The van der Waals surface area contributed by atoms with E-state index in [0.717, 1.165) is 10.0 Å². The maximum atomic E-state index is 12.2. The van der Waals surface area contributed by atoms with Crippen molar-refractivity contribution in [1.29, 1.82) is 0 Å². The third kappa shape index (κ3) is 3.72. The zero-order valence-corrected chi connectivity index (χ0v) is 14.5. The van der Waals surface area contributed by atoms with E-state index in [9.17, 15) is 4.79 Å². The molecule has 0 unspecified atom stereocenters. The molecule has 5 nitrogen and oxygen atoms in total. The first-order chi connectivity index (χ1) is 11.0. The average molecular weight is 413 g/mol. The van der Waals surface area contributed by atoms with Crippen LogP contribution in [0.1, 0.15) is 10.4 Å². The number of amides is 1. The number of benzene rings is 2. The molecular weight excluding hydrogens is 405 g/mol. The lowest BCUT2D eigenvalue weighted by molar-refractivity contribution is 0.102. The predicted octanol–water partition coefficient (Wildman–Crippen LogP) is 5.06. The number of hydrogen-bond donors (Lipinski definition) is 1. The average Bonchev–Trinajstić information content (AvgIpc) is 2.95. The zero-order valence-electron chi connectivity index (χ0n) is 11.4. The van der Waals surface area contributed by atoms with Crippen molar-refractivity contribution in [1.82, 2.24) is 10.2 Å². The standard InChI is InChI=1S/C15H8BrCl2N3O2/c16-9-3-1-2-8(6-9)14-20-21-15(23-14)19-13(22)11-5-4-10(17)7-12(11)18/h1-7H,(H,19,21,22). The van der Waals surface area contributed by atoms with Crippen molar-refractivity contribution >= 4 is 51.1 Å². The highest BCUT2D eigenvalue weighted by Gasteiger charge is 2.15. The maximum absolute atomic E-state index is 12.2. The highest BCUT2D eigenvalue weighted by Crippen LogP contribution is 2.25. The Morgan fingerprint density at radius 3 is 2.70 bits per heavy atom. The van der Waals surface area contributed by atoms with Gasteiger partial charge < -0.3 is 4.42 Å². The van der Waals surface area contributed by atoms with Crippen LogP contribution in [0.5, 0.6) is 0 Å². The molecule has 1 heterocycles. The summed E-state index contributed by atoms with van der Waals surface area (Å²) in [5, 5.41) is 10.9. The fourth-order valence-electron chi connectivity index (χ4n) is 1.85. The molecule has 0 fully saturated rings. The van der Waals surface area contributed by atoms with Gasteiger partial charge in [-0.25, -0.2) is 0 Å². The normalized spacial score (nSPS) is 10.6. The Morgan fingerprint density at radius 1 is 1.13 bits per heavy atom. The predicted molar refractivity (Wildman–Crippen MR) is 91.8 cm³/mol. The lowest BCUT2D eigenvalue weighted by Crippen LogP contribution is -2.12. The number of carbonyl (C=O) groups is 1. The Hall–Kier alpha value is -1.89. The van der Waals surface area contributed by atoms with Gasteiger partial charge in [0, 0.05) is 15.1 Å². The highest BCUT2D eigenvalue weighted by atomic mass is 79.9. The first-order valence-corrected chi connectivity index (χ1v) is 7.93. The maximum Gasteiger partial charge on any atom is 0.322 e. The van der Waals surface area contributed by atoms with Crippen LogP contribution in [0.15, 0.2) is 51.4 Å². The molecule has 0 aliphatic heterocycles. The zero-order chi connectivity index (χ0) is 16.4. The SMILES string of the molecule is O=C(Nc1nnc(-c2cccc(Br)c2)o1)c1ccc(Cl)cc1Cl. The van der Waals surface area contributed by atoms with Crippen LogP contribution < -0.4 is 5.32 Å². The Bertz CT molecular complexity index is 883. The van der Waals surface area contributed by atoms with Gasteiger partial charge in [0.2, 0.25) is 5.89 Å². The summed E-state index contributed by atoms with van der Waals surface area (Å²) >= 11 is 15.2. The van der Waals surface area contributed by atoms with Gasteiger partial charge in [-0.05, 0) is 36.4 Å². The summed E-state index contributed by atoms with van der Waals surface area (Å²) < 4.78 is 6.32. The van der Waals surface area contributed by atoms with Gasteiger partial charge in [-0.1, -0.05) is 50.3 Å². The summed E-state index contributed by atoms with van der Waals surface area (Å²) in [7, 11) is 0. The van der Waals surface area contributed by atoms with Crippen LogP contribution >= 0.6 is 39.1 Å². The summed E-state index contributed by atoms with van der Waals surface area (Å²) in [5.41, 5.74) is 0.996. The minimum Gasteiger partial charge on any atom is -0.403 e. The fourth-order valence-corrected chi connectivity index (χ4v) is 2.74. The largest absolute Gasteiger partial charge is 0.403 e. The van der Waals surface area contributed by atoms with Gasteiger partial charge in [0.05, 0.1) is 10.6 Å². The number of anilines is 1. The van der Waals surface area contributed by atoms with E-state index in [-0.39, 0.29) is 16.6 Å². The topological polar surface area (TPSA) is 68.0 Å². The van der Waals surface area contributed by atoms with Crippen LogP contribution in [0.4, 0.5) is 6.01 Å². The van der Waals surface area contributed by atoms with E-state index in [1.165, 1.54) is 12.1 Å². The molecular formula is C15H8BrCl2N3O2. The first-order valence-electron chi connectivity index (χ1n) is 6.39. The molecule has 0 saturated heterocycles. The molecule has 1 N–H and O–H groups in total. The fraction of sp³-hybridized carbons (Fsp3) is 0. The number of nitrogens with zero attached hydrogens (tertiary/aromatic N) is 2. The van der Waals surface area contributed by atoms with E-state index in [2.05, 4.69) is 31.4 Å². The van der Waals surface area contributed by atoms with E-state index in [1.807, 2.05) is 24.3 Å². The molecule has 0 bridgehead atoms. The monoisotopic (exact) mass is 411 g/mol. The smallest absolute Gasteiger partial charge is 0.322 e. The second-order valence-corrected chi connectivity index (χ2v) is 6.26. The van der Waals surface area contributed by atoms with Gasteiger partial charge >= 0.3 is 6.01 Å². The molecule has 8 heteroatoms. The van der Waals surface area contributed by atoms with Gasteiger partial charge in [0.15, 0.2) is 0 Å². The van der Waals surface area contributed by atoms with Gasteiger partial charge in [-0.15, -0.1) is 5.10 Å². The minimum atomic E-state index is -0.462. The molecule has 3 rings (SSSR count). The van der Waals surface area contributed by atoms with Crippen molar-refractivity contribution in [2.24, 2.45) is 0 Å². The molecule has 0 aliphatic rings.